The zero-order valence-corrected chi connectivity index (χ0v) is 13.1. The molecule has 0 saturated heterocycles. The van der Waals surface area contributed by atoms with Gasteiger partial charge in [-0.1, -0.05) is 11.6 Å². The molecule has 1 aliphatic heterocycles. The van der Waals surface area contributed by atoms with Crippen molar-refractivity contribution in [3.8, 4) is 17.6 Å². The fraction of sp³-hybridized carbons (Fsp3) is 0.250. The van der Waals surface area contributed by atoms with E-state index in [4.69, 9.17) is 21.1 Å². The van der Waals surface area contributed by atoms with Crippen molar-refractivity contribution in [3.05, 3.63) is 38.7 Å². The Morgan fingerprint density at radius 3 is 2.91 bits per heavy atom. The number of nitriles is 1. The number of thiophene rings is 1. The molecule has 4 nitrogen and oxygen atoms in total. The fourth-order valence-electron chi connectivity index (χ4n) is 2.76. The molecule has 4 rings (SSSR count). The summed E-state index contributed by atoms with van der Waals surface area (Å²) in [7, 11) is 0. The molecule has 0 amide bonds. The van der Waals surface area contributed by atoms with Crippen molar-refractivity contribution >= 4 is 34.2 Å². The molecular formula is C16H11ClN2O2S. The molecule has 6 heteroatoms. The Hall–Kier alpha value is -2.03. The van der Waals surface area contributed by atoms with E-state index in [0.717, 1.165) is 29.8 Å². The highest BCUT2D eigenvalue weighted by atomic mass is 35.5. The van der Waals surface area contributed by atoms with Crippen LogP contribution in [0.2, 0.25) is 5.02 Å². The van der Waals surface area contributed by atoms with Gasteiger partial charge in [0.2, 0.25) is 6.79 Å². The van der Waals surface area contributed by atoms with Crippen LogP contribution in [0.25, 0.3) is 0 Å². The third kappa shape index (κ3) is 2.16. The smallest absolute Gasteiger partial charge is 0.231 e. The zero-order valence-electron chi connectivity index (χ0n) is 11.6. The van der Waals surface area contributed by atoms with Crippen molar-refractivity contribution < 1.29 is 9.47 Å². The summed E-state index contributed by atoms with van der Waals surface area (Å²) in [5.41, 5.74) is 2.64. The second kappa shape index (κ2) is 5.31. The summed E-state index contributed by atoms with van der Waals surface area (Å²) in [6.45, 7) is 0.211. The van der Waals surface area contributed by atoms with Gasteiger partial charge in [0, 0.05) is 22.7 Å². The van der Waals surface area contributed by atoms with Crippen molar-refractivity contribution in [3.63, 3.8) is 0 Å². The summed E-state index contributed by atoms with van der Waals surface area (Å²) in [5, 5.41) is 10.7. The first-order valence-corrected chi connectivity index (χ1v) is 8.13. The van der Waals surface area contributed by atoms with E-state index < -0.39 is 0 Å². The number of aliphatic imine (C=N–C) groups is 1. The zero-order chi connectivity index (χ0) is 15.1. The molecule has 2 aromatic rings. The maximum absolute atomic E-state index is 9.37. The van der Waals surface area contributed by atoms with Gasteiger partial charge in [-0.15, -0.1) is 11.3 Å². The molecule has 110 valence electrons. The first-order valence-electron chi connectivity index (χ1n) is 6.94. The number of aryl methyl sites for hydroxylation is 1. The Balaban J connectivity index is 1.70. The van der Waals surface area contributed by atoms with Gasteiger partial charge in [0.25, 0.3) is 0 Å². The molecule has 0 bridgehead atoms. The SMILES string of the molecule is N#Cc1c(/N=C/c2cc3c(cc2Cl)OCO3)sc2c1CCC2. The predicted molar refractivity (Wildman–Crippen MR) is 85.9 cm³/mol. The topological polar surface area (TPSA) is 54.6 Å². The Morgan fingerprint density at radius 1 is 1.27 bits per heavy atom. The molecule has 0 radical (unpaired) electrons. The molecule has 2 heterocycles. The molecule has 0 unspecified atom stereocenters. The highest BCUT2D eigenvalue weighted by Gasteiger charge is 2.22. The number of hydrogen-bond acceptors (Lipinski definition) is 5. The van der Waals surface area contributed by atoms with Crippen molar-refractivity contribution in [2.75, 3.05) is 6.79 Å². The third-order valence-corrected chi connectivity index (χ3v) is 5.35. The van der Waals surface area contributed by atoms with Crippen LogP contribution >= 0.6 is 22.9 Å². The van der Waals surface area contributed by atoms with Gasteiger partial charge in [-0.25, -0.2) is 4.99 Å². The molecule has 0 spiro atoms. The van der Waals surface area contributed by atoms with Crippen LogP contribution in [0.3, 0.4) is 0 Å². The lowest BCUT2D eigenvalue weighted by Crippen LogP contribution is -1.92. The van der Waals surface area contributed by atoms with Crippen LogP contribution in [0.5, 0.6) is 11.5 Å². The Kier molecular flexibility index (Phi) is 3.29. The van der Waals surface area contributed by atoms with Crippen molar-refractivity contribution in [2.45, 2.75) is 19.3 Å². The van der Waals surface area contributed by atoms with Crippen LogP contribution in [0.1, 0.15) is 28.0 Å². The van der Waals surface area contributed by atoms with Crippen LogP contribution in [-0.4, -0.2) is 13.0 Å². The normalized spacial score (nSPS) is 15.3. The average molecular weight is 331 g/mol. The molecule has 1 aromatic heterocycles. The number of ether oxygens (including phenoxy) is 2. The minimum absolute atomic E-state index is 0.211. The second-order valence-electron chi connectivity index (χ2n) is 5.13. The number of hydrogen-bond donors (Lipinski definition) is 0. The van der Waals surface area contributed by atoms with E-state index >= 15 is 0 Å². The summed E-state index contributed by atoms with van der Waals surface area (Å²) in [6, 6.07) is 5.82. The molecule has 0 atom stereocenters. The largest absolute Gasteiger partial charge is 0.454 e. The Bertz CT molecular complexity index is 836. The third-order valence-electron chi connectivity index (χ3n) is 3.83. The molecular weight excluding hydrogens is 320 g/mol. The second-order valence-corrected chi connectivity index (χ2v) is 6.63. The molecule has 0 fully saturated rings. The fourth-order valence-corrected chi connectivity index (χ4v) is 4.14. The van der Waals surface area contributed by atoms with Gasteiger partial charge in [-0.3, -0.25) is 0 Å². The van der Waals surface area contributed by atoms with Gasteiger partial charge in [0.1, 0.15) is 11.1 Å². The van der Waals surface area contributed by atoms with Gasteiger partial charge in [0.05, 0.1) is 10.6 Å². The minimum atomic E-state index is 0.211. The first kappa shape index (κ1) is 13.6. The molecule has 0 saturated carbocycles. The van der Waals surface area contributed by atoms with Crippen LogP contribution in [0, 0.1) is 11.3 Å². The summed E-state index contributed by atoms with van der Waals surface area (Å²) in [6.07, 6.45) is 4.85. The average Bonchev–Trinajstić information content (AvgIpc) is 3.19. The standard InChI is InChI=1S/C16H11ClN2O2S/c17-12-5-14-13(20-8-21-14)4-9(12)7-19-16-11(6-18)10-2-1-3-15(10)22-16/h4-5,7H,1-3,8H2/b19-7+. The Labute approximate surface area is 136 Å². The maximum Gasteiger partial charge on any atom is 0.231 e. The lowest BCUT2D eigenvalue weighted by molar-refractivity contribution is 0.174. The van der Waals surface area contributed by atoms with E-state index in [0.29, 0.717) is 22.1 Å². The predicted octanol–water partition coefficient (Wildman–Crippen LogP) is 4.24. The van der Waals surface area contributed by atoms with Gasteiger partial charge < -0.3 is 9.47 Å². The number of rotatable bonds is 2. The monoisotopic (exact) mass is 330 g/mol. The van der Waals surface area contributed by atoms with E-state index in [-0.39, 0.29) is 6.79 Å². The van der Waals surface area contributed by atoms with E-state index in [1.807, 2.05) is 6.07 Å². The lowest BCUT2D eigenvalue weighted by atomic mass is 10.1. The minimum Gasteiger partial charge on any atom is -0.454 e. The van der Waals surface area contributed by atoms with Crippen molar-refractivity contribution in [2.24, 2.45) is 4.99 Å². The quantitative estimate of drug-likeness (QED) is 0.774. The summed E-state index contributed by atoms with van der Waals surface area (Å²) in [4.78, 5) is 5.78. The summed E-state index contributed by atoms with van der Waals surface area (Å²) in [5.74, 6) is 1.31. The molecule has 0 N–H and O–H groups in total. The highest BCUT2D eigenvalue weighted by Crippen LogP contribution is 2.41. The van der Waals surface area contributed by atoms with Crippen LogP contribution < -0.4 is 9.47 Å². The number of nitrogens with zero attached hydrogens (tertiary/aromatic N) is 2. The van der Waals surface area contributed by atoms with Gasteiger partial charge in [-0.2, -0.15) is 5.26 Å². The summed E-state index contributed by atoms with van der Waals surface area (Å²) >= 11 is 7.84. The number of fused-ring (bicyclic) bond motifs is 2. The van der Waals surface area contributed by atoms with Crippen LogP contribution in [0.4, 0.5) is 5.00 Å². The lowest BCUT2D eigenvalue weighted by Gasteiger charge is -2.01. The molecule has 1 aromatic carbocycles. The molecule has 22 heavy (non-hydrogen) atoms. The number of halogens is 1. The highest BCUT2D eigenvalue weighted by molar-refractivity contribution is 7.16. The van der Waals surface area contributed by atoms with Crippen molar-refractivity contribution in [1.29, 1.82) is 5.26 Å². The van der Waals surface area contributed by atoms with Gasteiger partial charge in [0.15, 0.2) is 11.5 Å². The number of benzene rings is 1. The van der Waals surface area contributed by atoms with E-state index in [1.54, 1.807) is 23.6 Å². The van der Waals surface area contributed by atoms with E-state index in [9.17, 15) is 5.26 Å². The van der Waals surface area contributed by atoms with Gasteiger partial charge in [-0.05, 0) is 30.9 Å². The van der Waals surface area contributed by atoms with Crippen LogP contribution in [-0.2, 0) is 12.8 Å². The molecule has 2 aliphatic rings. The van der Waals surface area contributed by atoms with E-state index in [2.05, 4.69) is 11.1 Å². The van der Waals surface area contributed by atoms with Gasteiger partial charge >= 0.3 is 0 Å². The molecule has 1 aliphatic carbocycles. The van der Waals surface area contributed by atoms with E-state index in [1.165, 1.54) is 10.4 Å². The van der Waals surface area contributed by atoms with Crippen molar-refractivity contribution in [1.82, 2.24) is 0 Å². The summed E-state index contributed by atoms with van der Waals surface area (Å²) < 4.78 is 10.6. The van der Waals surface area contributed by atoms with Crippen LogP contribution in [0.15, 0.2) is 17.1 Å². The first-order chi connectivity index (χ1) is 10.8. The maximum atomic E-state index is 9.37. The Morgan fingerprint density at radius 2 is 2.09 bits per heavy atom.